The van der Waals surface area contributed by atoms with Crippen LogP contribution in [0.4, 0.5) is 5.69 Å². The lowest BCUT2D eigenvalue weighted by Crippen LogP contribution is -2.58. The molecule has 21 heavy (non-hydrogen) atoms. The van der Waals surface area contributed by atoms with Gasteiger partial charge in [-0.1, -0.05) is 15.9 Å². The van der Waals surface area contributed by atoms with Crippen molar-refractivity contribution in [1.29, 1.82) is 0 Å². The normalized spacial score (nSPS) is 16.1. The van der Waals surface area contributed by atoms with Crippen LogP contribution in [-0.4, -0.2) is 29.1 Å². The zero-order chi connectivity index (χ0) is 15.6. The standard InChI is InChI=1S/C13H13Br3N2O3/c14-7-4-8(15)11(9(16)5-7)18-10(19)6-17-13(12(20)21)2-1-3-13/h4-5,17H,1-3,6H2,(H,18,19)(H,20,21). The number of nitrogens with one attached hydrogen (secondary N) is 2. The SMILES string of the molecule is O=C(CNC1(C(=O)O)CCC1)Nc1c(Br)cc(Br)cc1Br. The number of carbonyl (C=O) groups is 2. The average molecular weight is 485 g/mol. The Morgan fingerprint density at radius 2 is 1.76 bits per heavy atom. The van der Waals surface area contributed by atoms with Gasteiger partial charge in [-0.2, -0.15) is 0 Å². The summed E-state index contributed by atoms with van der Waals surface area (Å²) in [5, 5.41) is 14.8. The van der Waals surface area contributed by atoms with Gasteiger partial charge in [0.15, 0.2) is 0 Å². The number of hydrogen-bond acceptors (Lipinski definition) is 3. The molecule has 1 aliphatic carbocycles. The molecule has 114 valence electrons. The largest absolute Gasteiger partial charge is 0.480 e. The third kappa shape index (κ3) is 3.85. The van der Waals surface area contributed by atoms with Crippen molar-refractivity contribution in [2.24, 2.45) is 0 Å². The molecule has 0 aliphatic heterocycles. The number of anilines is 1. The molecule has 0 spiro atoms. The molecule has 1 amide bonds. The van der Waals surface area contributed by atoms with Crippen molar-refractivity contribution in [2.75, 3.05) is 11.9 Å². The summed E-state index contributed by atoms with van der Waals surface area (Å²) in [5.74, 6) is -1.18. The summed E-state index contributed by atoms with van der Waals surface area (Å²) in [6, 6.07) is 3.64. The number of rotatable bonds is 5. The van der Waals surface area contributed by atoms with E-state index in [2.05, 4.69) is 58.4 Å². The molecule has 1 aliphatic rings. The van der Waals surface area contributed by atoms with E-state index in [0.29, 0.717) is 18.5 Å². The van der Waals surface area contributed by atoms with Crippen LogP contribution >= 0.6 is 47.8 Å². The number of amides is 1. The van der Waals surface area contributed by atoms with Crippen molar-refractivity contribution in [3.8, 4) is 0 Å². The van der Waals surface area contributed by atoms with Crippen LogP contribution in [0.25, 0.3) is 0 Å². The third-order valence-electron chi connectivity index (χ3n) is 3.48. The molecule has 0 bridgehead atoms. The van der Waals surface area contributed by atoms with Gasteiger partial charge in [-0.3, -0.25) is 14.9 Å². The molecule has 2 rings (SSSR count). The average Bonchev–Trinajstić information content (AvgIpc) is 2.31. The van der Waals surface area contributed by atoms with Crippen LogP contribution in [-0.2, 0) is 9.59 Å². The number of carboxylic acid groups (broad SMARTS) is 1. The van der Waals surface area contributed by atoms with E-state index in [1.165, 1.54) is 0 Å². The second kappa shape index (κ2) is 6.76. The van der Waals surface area contributed by atoms with Gasteiger partial charge in [-0.15, -0.1) is 0 Å². The summed E-state index contributed by atoms with van der Waals surface area (Å²) < 4.78 is 2.33. The van der Waals surface area contributed by atoms with E-state index in [4.69, 9.17) is 0 Å². The predicted octanol–water partition coefficient (Wildman–Crippen LogP) is 3.51. The van der Waals surface area contributed by atoms with Gasteiger partial charge in [0.05, 0.1) is 12.2 Å². The van der Waals surface area contributed by atoms with Crippen molar-refractivity contribution in [3.05, 3.63) is 25.6 Å². The summed E-state index contributed by atoms with van der Waals surface area (Å²) in [7, 11) is 0. The molecule has 1 fully saturated rings. The molecule has 3 N–H and O–H groups in total. The Labute approximate surface area is 147 Å². The van der Waals surface area contributed by atoms with Crippen molar-refractivity contribution in [2.45, 2.75) is 24.8 Å². The number of halogens is 3. The number of aliphatic carboxylic acids is 1. The molecule has 0 radical (unpaired) electrons. The minimum absolute atomic E-state index is 0.0404. The van der Waals surface area contributed by atoms with Crippen molar-refractivity contribution < 1.29 is 14.7 Å². The summed E-state index contributed by atoms with van der Waals surface area (Å²) in [4.78, 5) is 23.2. The van der Waals surface area contributed by atoms with Crippen LogP contribution in [0, 0.1) is 0 Å². The fourth-order valence-electron chi connectivity index (χ4n) is 2.09. The highest BCUT2D eigenvalue weighted by atomic mass is 79.9. The quantitative estimate of drug-likeness (QED) is 0.597. The summed E-state index contributed by atoms with van der Waals surface area (Å²) in [5.41, 5.74) is -0.325. The first-order chi connectivity index (χ1) is 9.84. The number of carbonyl (C=O) groups excluding carboxylic acids is 1. The summed E-state index contributed by atoms with van der Waals surface area (Å²) in [6.07, 6.45) is 1.98. The van der Waals surface area contributed by atoms with Crippen LogP contribution in [0.5, 0.6) is 0 Å². The number of carboxylic acids is 1. The maximum atomic E-state index is 12.0. The lowest BCUT2D eigenvalue weighted by molar-refractivity contribution is -0.148. The van der Waals surface area contributed by atoms with Gasteiger partial charge < -0.3 is 10.4 Å². The highest BCUT2D eigenvalue weighted by Gasteiger charge is 2.44. The Balaban J connectivity index is 1.98. The minimum Gasteiger partial charge on any atom is -0.480 e. The highest BCUT2D eigenvalue weighted by Crippen LogP contribution is 2.34. The minimum atomic E-state index is -0.939. The molecule has 0 saturated heterocycles. The molecule has 0 aromatic heterocycles. The van der Waals surface area contributed by atoms with Gasteiger partial charge in [-0.05, 0) is 63.3 Å². The van der Waals surface area contributed by atoms with Crippen molar-refractivity contribution >= 4 is 65.4 Å². The monoisotopic (exact) mass is 482 g/mol. The molecule has 1 aromatic rings. The van der Waals surface area contributed by atoms with Gasteiger partial charge in [0.2, 0.25) is 5.91 Å². The number of hydrogen-bond donors (Lipinski definition) is 3. The molecule has 5 nitrogen and oxygen atoms in total. The molecule has 8 heteroatoms. The maximum absolute atomic E-state index is 12.0. The van der Waals surface area contributed by atoms with Crippen LogP contribution in [0.15, 0.2) is 25.6 Å². The van der Waals surface area contributed by atoms with Crippen LogP contribution in [0.2, 0.25) is 0 Å². The van der Waals surface area contributed by atoms with Gasteiger partial charge in [-0.25, -0.2) is 0 Å². The lowest BCUT2D eigenvalue weighted by Gasteiger charge is -2.38. The first-order valence-electron chi connectivity index (χ1n) is 6.27. The smallest absolute Gasteiger partial charge is 0.323 e. The van der Waals surface area contributed by atoms with Crippen molar-refractivity contribution in [3.63, 3.8) is 0 Å². The first kappa shape index (κ1) is 16.9. The Morgan fingerprint density at radius 3 is 2.19 bits per heavy atom. The molecule has 1 aromatic carbocycles. The van der Waals surface area contributed by atoms with E-state index < -0.39 is 11.5 Å². The second-order valence-electron chi connectivity index (χ2n) is 4.89. The van der Waals surface area contributed by atoms with Gasteiger partial charge >= 0.3 is 5.97 Å². The lowest BCUT2D eigenvalue weighted by atomic mass is 9.77. The van der Waals surface area contributed by atoms with Crippen molar-refractivity contribution in [1.82, 2.24) is 5.32 Å². The molecule has 0 heterocycles. The van der Waals surface area contributed by atoms with Crippen LogP contribution < -0.4 is 10.6 Å². The highest BCUT2D eigenvalue weighted by molar-refractivity contribution is 9.11. The van der Waals surface area contributed by atoms with Gasteiger partial charge in [0.1, 0.15) is 5.54 Å². The summed E-state index contributed by atoms with van der Waals surface area (Å²) in [6.45, 7) is -0.0404. The van der Waals surface area contributed by atoms with E-state index in [-0.39, 0.29) is 12.5 Å². The van der Waals surface area contributed by atoms with E-state index in [9.17, 15) is 14.7 Å². The molecule has 0 atom stereocenters. The Bertz CT molecular complexity index is 565. The zero-order valence-electron chi connectivity index (χ0n) is 10.9. The molecular formula is C13H13Br3N2O3. The van der Waals surface area contributed by atoms with Gasteiger partial charge in [0.25, 0.3) is 0 Å². The van der Waals surface area contributed by atoms with E-state index >= 15 is 0 Å². The molecule has 0 unspecified atom stereocenters. The zero-order valence-corrected chi connectivity index (χ0v) is 15.6. The van der Waals surface area contributed by atoms with E-state index in [1.54, 1.807) is 0 Å². The van der Waals surface area contributed by atoms with Crippen LogP contribution in [0.3, 0.4) is 0 Å². The Morgan fingerprint density at radius 1 is 1.19 bits per heavy atom. The van der Waals surface area contributed by atoms with Gasteiger partial charge in [0, 0.05) is 13.4 Å². The predicted molar refractivity (Wildman–Crippen MR) is 90.4 cm³/mol. The third-order valence-corrected chi connectivity index (χ3v) is 5.18. The van der Waals surface area contributed by atoms with E-state index in [0.717, 1.165) is 19.8 Å². The fourth-order valence-corrected chi connectivity index (χ4v) is 4.55. The van der Waals surface area contributed by atoms with E-state index in [1.807, 2.05) is 12.1 Å². The Kier molecular flexibility index (Phi) is 5.45. The molecular weight excluding hydrogens is 472 g/mol. The maximum Gasteiger partial charge on any atom is 0.323 e. The number of benzene rings is 1. The fraction of sp³-hybridized carbons (Fsp3) is 0.385. The Hall–Kier alpha value is -0.440. The topological polar surface area (TPSA) is 78.4 Å². The summed E-state index contributed by atoms with van der Waals surface area (Å²) >= 11 is 10.1. The van der Waals surface area contributed by atoms with Crippen LogP contribution in [0.1, 0.15) is 19.3 Å². The second-order valence-corrected chi connectivity index (χ2v) is 7.51. The first-order valence-corrected chi connectivity index (χ1v) is 8.65. The molecule has 1 saturated carbocycles.